The highest BCUT2D eigenvalue weighted by Gasteiger charge is 2.18. The van der Waals surface area contributed by atoms with Crippen molar-refractivity contribution in [2.45, 2.75) is 31.8 Å². The van der Waals surface area contributed by atoms with E-state index in [9.17, 15) is 4.79 Å². The predicted molar refractivity (Wildman–Crippen MR) is 74.6 cm³/mol. The number of hydrogen-bond donors (Lipinski definition) is 1. The van der Waals surface area contributed by atoms with Crippen molar-refractivity contribution in [2.75, 3.05) is 20.2 Å². The summed E-state index contributed by atoms with van der Waals surface area (Å²) in [7, 11) is 1.43. The second-order valence-corrected chi connectivity index (χ2v) is 5.16. The molecule has 2 N–H and O–H groups in total. The largest absolute Gasteiger partial charge is 0.469 e. The Labute approximate surface area is 114 Å². The Bertz CT molecular complexity index is 434. The molecule has 0 aromatic heterocycles. The molecule has 1 saturated heterocycles. The van der Waals surface area contributed by atoms with E-state index in [1.54, 1.807) is 0 Å². The van der Waals surface area contributed by atoms with Gasteiger partial charge in [0.1, 0.15) is 0 Å². The number of ether oxygens (including phenoxy) is 1. The Hall–Kier alpha value is -1.39. The summed E-state index contributed by atoms with van der Waals surface area (Å²) in [6.07, 6.45) is 2.60. The van der Waals surface area contributed by atoms with E-state index in [2.05, 4.69) is 11.0 Å². The molecule has 19 heavy (non-hydrogen) atoms. The quantitative estimate of drug-likeness (QED) is 0.832. The van der Waals surface area contributed by atoms with Gasteiger partial charge in [-0.05, 0) is 30.5 Å². The fourth-order valence-electron chi connectivity index (χ4n) is 2.59. The normalized spacial score (nSPS) is 20.2. The number of hydrogen-bond acceptors (Lipinski definition) is 4. The number of piperidine rings is 1. The lowest BCUT2D eigenvalue weighted by Gasteiger charge is -2.31. The van der Waals surface area contributed by atoms with Gasteiger partial charge in [0.15, 0.2) is 0 Å². The lowest BCUT2D eigenvalue weighted by molar-refractivity contribution is -0.139. The van der Waals surface area contributed by atoms with E-state index >= 15 is 0 Å². The van der Waals surface area contributed by atoms with Crippen molar-refractivity contribution in [1.82, 2.24) is 4.90 Å². The van der Waals surface area contributed by atoms with Gasteiger partial charge in [-0.15, -0.1) is 0 Å². The third-order valence-corrected chi connectivity index (χ3v) is 3.62. The maximum atomic E-state index is 11.4. The summed E-state index contributed by atoms with van der Waals surface area (Å²) in [4.78, 5) is 13.8. The van der Waals surface area contributed by atoms with E-state index < -0.39 is 0 Å². The summed E-state index contributed by atoms with van der Waals surface area (Å²) < 4.78 is 4.74. The number of likely N-dealkylation sites (tertiary alicyclic amines) is 1. The maximum Gasteiger partial charge on any atom is 0.309 e. The number of esters is 1. The number of carbonyl (C=O) groups excluding carboxylic acids is 1. The lowest BCUT2D eigenvalue weighted by Crippen LogP contribution is -2.42. The topological polar surface area (TPSA) is 55.6 Å². The first kappa shape index (κ1) is 14.0. The molecule has 1 aromatic rings. The second-order valence-electron chi connectivity index (χ2n) is 5.16. The molecule has 4 nitrogen and oxygen atoms in total. The van der Waals surface area contributed by atoms with Gasteiger partial charge in [0.2, 0.25) is 0 Å². The molecule has 0 aliphatic carbocycles. The number of nitrogens with zero attached hydrogens (tertiary/aromatic N) is 1. The van der Waals surface area contributed by atoms with Gasteiger partial charge in [-0.1, -0.05) is 24.3 Å². The van der Waals surface area contributed by atoms with Crippen LogP contribution < -0.4 is 5.73 Å². The minimum Gasteiger partial charge on any atom is -0.469 e. The average molecular weight is 262 g/mol. The van der Waals surface area contributed by atoms with Crippen LogP contribution in [0.5, 0.6) is 0 Å². The van der Waals surface area contributed by atoms with Crippen molar-refractivity contribution in [1.29, 1.82) is 0 Å². The van der Waals surface area contributed by atoms with Gasteiger partial charge in [-0.25, -0.2) is 0 Å². The molecule has 1 unspecified atom stereocenters. The first-order valence-corrected chi connectivity index (χ1v) is 6.80. The predicted octanol–water partition coefficient (Wildman–Crippen LogP) is 1.33. The van der Waals surface area contributed by atoms with Crippen LogP contribution in [0, 0.1) is 0 Å². The Kier molecular flexibility index (Phi) is 4.93. The molecule has 0 radical (unpaired) electrons. The number of methoxy groups -OCH3 is 1. The SMILES string of the molecule is COC(=O)Cc1ccccc1CN1CCCC(N)C1. The third-order valence-electron chi connectivity index (χ3n) is 3.62. The third kappa shape index (κ3) is 4.04. The molecule has 0 amide bonds. The van der Waals surface area contributed by atoms with Crippen molar-refractivity contribution in [2.24, 2.45) is 5.73 Å². The molecule has 4 heteroatoms. The molecular formula is C15H22N2O2. The summed E-state index contributed by atoms with van der Waals surface area (Å²) >= 11 is 0. The minimum absolute atomic E-state index is 0.192. The van der Waals surface area contributed by atoms with Gasteiger partial charge >= 0.3 is 5.97 Å². The second kappa shape index (κ2) is 6.68. The molecule has 1 aromatic carbocycles. The van der Waals surface area contributed by atoms with Gasteiger partial charge in [0, 0.05) is 19.1 Å². The van der Waals surface area contributed by atoms with Gasteiger partial charge in [-0.3, -0.25) is 9.69 Å². The molecule has 104 valence electrons. The van der Waals surface area contributed by atoms with Crippen molar-refractivity contribution >= 4 is 5.97 Å². The van der Waals surface area contributed by atoms with Crippen molar-refractivity contribution in [3.8, 4) is 0 Å². The van der Waals surface area contributed by atoms with Crippen LogP contribution in [-0.2, 0) is 22.5 Å². The first-order chi connectivity index (χ1) is 9.19. The smallest absolute Gasteiger partial charge is 0.309 e. The number of carbonyl (C=O) groups is 1. The lowest BCUT2D eigenvalue weighted by atomic mass is 10.0. The number of rotatable bonds is 4. The molecule has 0 bridgehead atoms. The van der Waals surface area contributed by atoms with E-state index in [1.807, 2.05) is 18.2 Å². The van der Waals surface area contributed by atoms with Crippen molar-refractivity contribution < 1.29 is 9.53 Å². The van der Waals surface area contributed by atoms with Crippen LogP contribution in [0.2, 0.25) is 0 Å². The summed E-state index contributed by atoms with van der Waals surface area (Å²) in [5.41, 5.74) is 8.25. The van der Waals surface area contributed by atoms with E-state index in [1.165, 1.54) is 12.7 Å². The zero-order chi connectivity index (χ0) is 13.7. The summed E-state index contributed by atoms with van der Waals surface area (Å²) in [6.45, 7) is 2.88. The molecule has 1 heterocycles. The van der Waals surface area contributed by atoms with Crippen LogP contribution >= 0.6 is 0 Å². The number of benzene rings is 1. The van der Waals surface area contributed by atoms with Crippen LogP contribution in [-0.4, -0.2) is 37.1 Å². The Morgan fingerprint density at radius 2 is 2.16 bits per heavy atom. The highest BCUT2D eigenvalue weighted by Crippen LogP contribution is 2.16. The highest BCUT2D eigenvalue weighted by atomic mass is 16.5. The van der Waals surface area contributed by atoms with Crippen molar-refractivity contribution in [3.63, 3.8) is 0 Å². The fraction of sp³-hybridized carbons (Fsp3) is 0.533. The summed E-state index contributed by atoms with van der Waals surface area (Å²) in [6, 6.07) is 8.33. The average Bonchev–Trinajstić information content (AvgIpc) is 2.41. The first-order valence-electron chi connectivity index (χ1n) is 6.80. The van der Waals surface area contributed by atoms with E-state index in [-0.39, 0.29) is 12.0 Å². The highest BCUT2D eigenvalue weighted by molar-refractivity contribution is 5.72. The monoisotopic (exact) mass is 262 g/mol. The van der Waals surface area contributed by atoms with Crippen molar-refractivity contribution in [3.05, 3.63) is 35.4 Å². The zero-order valence-corrected chi connectivity index (χ0v) is 11.5. The van der Waals surface area contributed by atoms with Crippen LogP contribution in [0.15, 0.2) is 24.3 Å². The van der Waals surface area contributed by atoms with E-state index in [0.717, 1.165) is 38.0 Å². The molecule has 1 aliphatic rings. The number of nitrogens with two attached hydrogens (primary N) is 1. The molecule has 0 spiro atoms. The van der Waals surface area contributed by atoms with E-state index in [0.29, 0.717) is 6.42 Å². The van der Waals surface area contributed by atoms with Gasteiger partial charge in [0.05, 0.1) is 13.5 Å². The maximum absolute atomic E-state index is 11.4. The fourth-order valence-corrected chi connectivity index (χ4v) is 2.59. The molecule has 0 saturated carbocycles. The molecule has 1 fully saturated rings. The molecular weight excluding hydrogens is 240 g/mol. The molecule has 1 aliphatic heterocycles. The van der Waals surface area contributed by atoms with Crippen LogP contribution in [0.4, 0.5) is 0 Å². The Balaban J connectivity index is 2.04. The summed E-state index contributed by atoms with van der Waals surface area (Å²) in [5, 5.41) is 0. The van der Waals surface area contributed by atoms with E-state index in [4.69, 9.17) is 10.5 Å². The Morgan fingerprint density at radius 3 is 2.84 bits per heavy atom. The van der Waals surface area contributed by atoms with Crippen LogP contribution in [0.25, 0.3) is 0 Å². The van der Waals surface area contributed by atoms with Gasteiger partial charge in [-0.2, -0.15) is 0 Å². The molecule has 1 atom stereocenters. The standard InChI is InChI=1S/C15H22N2O2/c1-19-15(18)9-12-5-2-3-6-13(12)10-17-8-4-7-14(16)11-17/h2-3,5-6,14H,4,7-11,16H2,1H3. The van der Waals surface area contributed by atoms with Gasteiger partial charge < -0.3 is 10.5 Å². The molecule has 2 rings (SSSR count). The minimum atomic E-state index is -0.192. The van der Waals surface area contributed by atoms with Crippen LogP contribution in [0.3, 0.4) is 0 Å². The zero-order valence-electron chi connectivity index (χ0n) is 11.5. The Morgan fingerprint density at radius 1 is 1.42 bits per heavy atom. The summed E-state index contributed by atoms with van der Waals surface area (Å²) in [5.74, 6) is -0.192. The van der Waals surface area contributed by atoms with Gasteiger partial charge in [0.25, 0.3) is 0 Å². The van der Waals surface area contributed by atoms with Crippen LogP contribution in [0.1, 0.15) is 24.0 Å².